The smallest absolute Gasteiger partial charge is 0.191 e. The van der Waals surface area contributed by atoms with Gasteiger partial charge in [0.05, 0.1) is 29.6 Å². The number of hydrogen-bond donors (Lipinski definition) is 3. The number of aliphatic hydroxyl groups excluding tert-OH is 1. The van der Waals surface area contributed by atoms with Gasteiger partial charge in [-0.2, -0.15) is 11.8 Å². The van der Waals surface area contributed by atoms with Crippen molar-refractivity contribution >= 4 is 40.7 Å². The zero-order valence-corrected chi connectivity index (χ0v) is 18.1. The van der Waals surface area contributed by atoms with Crippen LogP contribution in [0.3, 0.4) is 0 Å². The van der Waals surface area contributed by atoms with Crippen molar-refractivity contribution in [1.29, 1.82) is 0 Å². The van der Waals surface area contributed by atoms with Crippen molar-refractivity contribution in [2.45, 2.75) is 25.0 Å². The van der Waals surface area contributed by atoms with Crippen LogP contribution in [0.2, 0.25) is 4.34 Å². The molecule has 0 bridgehead atoms. The first-order valence-corrected chi connectivity index (χ1v) is 11.8. The molecule has 0 saturated carbocycles. The minimum Gasteiger partial charge on any atom is -0.386 e. The van der Waals surface area contributed by atoms with Crippen molar-refractivity contribution in [1.82, 2.24) is 15.5 Å². The minimum atomic E-state index is -0.596. The first-order chi connectivity index (χ1) is 13.1. The molecular weight excluding hydrogens is 404 g/mol. The molecule has 0 spiro atoms. The van der Waals surface area contributed by atoms with Gasteiger partial charge in [-0.25, -0.2) is 0 Å². The normalized spacial score (nSPS) is 25.5. The summed E-state index contributed by atoms with van der Waals surface area (Å²) in [5.74, 6) is 3.06. The van der Waals surface area contributed by atoms with Gasteiger partial charge in [0.2, 0.25) is 0 Å². The molecule has 27 heavy (non-hydrogen) atoms. The molecule has 2 unspecified atom stereocenters. The Labute approximate surface area is 174 Å². The van der Waals surface area contributed by atoms with Crippen molar-refractivity contribution in [3.05, 3.63) is 21.3 Å². The van der Waals surface area contributed by atoms with E-state index in [0.29, 0.717) is 10.9 Å². The molecule has 2 aliphatic rings. The van der Waals surface area contributed by atoms with Gasteiger partial charge in [0.25, 0.3) is 0 Å². The molecule has 9 heteroatoms. The Kier molecular flexibility index (Phi) is 8.10. The van der Waals surface area contributed by atoms with E-state index in [0.717, 1.165) is 62.4 Å². The highest BCUT2D eigenvalue weighted by Gasteiger charge is 2.40. The molecule has 2 aliphatic heterocycles. The van der Waals surface area contributed by atoms with E-state index in [4.69, 9.17) is 21.3 Å². The van der Waals surface area contributed by atoms with Crippen molar-refractivity contribution in [2.75, 3.05) is 57.4 Å². The molecule has 3 rings (SSSR count). The van der Waals surface area contributed by atoms with Crippen molar-refractivity contribution in [3.63, 3.8) is 0 Å². The molecule has 0 amide bonds. The molecule has 2 fully saturated rings. The van der Waals surface area contributed by atoms with Crippen LogP contribution in [0.1, 0.15) is 24.3 Å². The lowest BCUT2D eigenvalue weighted by Gasteiger charge is -2.42. The third-order valence-electron chi connectivity index (χ3n) is 5.03. The standard InChI is InChI=1S/C18H29ClN4O2S2/c1-2-20-17(21-11-14(24)15-3-4-16(19)27-15)22-12-18(5-10-26-13-18)23-6-8-25-9-7-23/h3-4,14,24H,2,5-13H2,1H3,(H2,20,21,22). The van der Waals surface area contributed by atoms with Crippen molar-refractivity contribution in [3.8, 4) is 0 Å². The zero-order chi connectivity index (χ0) is 19.1. The molecule has 152 valence electrons. The first-order valence-electron chi connectivity index (χ1n) is 9.49. The summed E-state index contributed by atoms with van der Waals surface area (Å²) in [6.45, 7) is 7.59. The molecule has 2 saturated heterocycles. The summed E-state index contributed by atoms with van der Waals surface area (Å²) in [6, 6.07) is 3.68. The van der Waals surface area contributed by atoms with Crippen LogP contribution < -0.4 is 10.6 Å². The summed E-state index contributed by atoms with van der Waals surface area (Å²) in [7, 11) is 0. The summed E-state index contributed by atoms with van der Waals surface area (Å²) >= 11 is 9.38. The van der Waals surface area contributed by atoms with Gasteiger partial charge in [0, 0.05) is 36.8 Å². The number of hydrogen-bond acceptors (Lipinski definition) is 6. The lowest BCUT2D eigenvalue weighted by Crippen LogP contribution is -2.56. The maximum absolute atomic E-state index is 10.4. The van der Waals surface area contributed by atoms with E-state index in [-0.39, 0.29) is 5.54 Å². The monoisotopic (exact) mass is 432 g/mol. The molecule has 2 atom stereocenters. The fraction of sp³-hybridized carbons (Fsp3) is 0.722. The predicted octanol–water partition coefficient (Wildman–Crippen LogP) is 2.20. The van der Waals surface area contributed by atoms with Gasteiger partial charge in [0.15, 0.2) is 5.96 Å². The van der Waals surface area contributed by atoms with E-state index in [9.17, 15) is 5.11 Å². The number of nitrogens with one attached hydrogen (secondary N) is 2. The number of thioether (sulfide) groups is 1. The Bertz CT molecular complexity index is 616. The third kappa shape index (κ3) is 5.74. The highest BCUT2D eigenvalue weighted by atomic mass is 35.5. The largest absolute Gasteiger partial charge is 0.386 e. The number of nitrogens with zero attached hydrogens (tertiary/aromatic N) is 2. The van der Waals surface area contributed by atoms with E-state index >= 15 is 0 Å². The number of morpholine rings is 1. The van der Waals surface area contributed by atoms with Crippen LogP contribution in [0.4, 0.5) is 0 Å². The van der Waals surface area contributed by atoms with E-state index in [1.165, 1.54) is 17.1 Å². The highest BCUT2D eigenvalue weighted by molar-refractivity contribution is 7.99. The van der Waals surface area contributed by atoms with Crippen LogP contribution in [0.15, 0.2) is 17.1 Å². The minimum absolute atomic E-state index is 0.122. The fourth-order valence-corrected chi connectivity index (χ4v) is 5.99. The van der Waals surface area contributed by atoms with Gasteiger partial charge in [0.1, 0.15) is 6.10 Å². The summed E-state index contributed by atoms with van der Waals surface area (Å²) in [4.78, 5) is 8.30. The summed E-state index contributed by atoms with van der Waals surface area (Å²) < 4.78 is 6.22. The lowest BCUT2D eigenvalue weighted by molar-refractivity contribution is -0.0104. The molecule has 3 heterocycles. The van der Waals surface area contributed by atoms with Gasteiger partial charge in [-0.05, 0) is 31.2 Å². The summed E-state index contributed by atoms with van der Waals surface area (Å²) in [6.07, 6.45) is 0.568. The second-order valence-electron chi connectivity index (χ2n) is 6.86. The first kappa shape index (κ1) is 21.2. The lowest BCUT2D eigenvalue weighted by atomic mass is 9.96. The van der Waals surface area contributed by atoms with Crippen LogP contribution in [0.25, 0.3) is 0 Å². The second-order valence-corrected chi connectivity index (χ2v) is 9.71. The molecule has 6 nitrogen and oxygen atoms in total. The van der Waals surface area contributed by atoms with Crippen molar-refractivity contribution in [2.24, 2.45) is 4.99 Å². The Morgan fingerprint density at radius 2 is 2.22 bits per heavy atom. The number of aliphatic imine (C=N–C) groups is 1. The third-order valence-corrected chi connectivity index (χ3v) is 7.59. The SMILES string of the molecule is CCNC(=NCC1(N2CCOCC2)CCSC1)NCC(O)c1ccc(Cl)s1. The fourth-order valence-electron chi connectivity index (χ4n) is 3.48. The van der Waals surface area contributed by atoms with Gasteiger partial charge in [-0.15, -0.1) is 11.3 Å². The number of ether oxygens (including phenoxy) is 1. The average molecular weight is 433 g/mol. The molecule has 0 aromatic carbocycles. The van der Waals surface area contributed by atoms with Gasteiger partial charge in [-0.1, -0.05) is 11.6 Å². The molecular formula is C18H29ClN4O2S2. The van der Waals surface area contributed by atoms with Crippen molar-refractivity contribution < 1.29 is 9.84 Å². The van der Waals surface area contributed by atoms with E-state index in [2.05, 4.69) is 22.5 Å². The Morgan fingerprint density at radius 1 is 1.41 bits per heavy atom. The summed E-state index contributed by atoms with van der Waals surface area (Å²) in [5, 5.41) is 16.9. The number of thiophene rings is 1. The maximum atomic E-state index is 10.4. The Morgan fingerprint density at radius 3 is 2.85 bits per heavy atom. The number of rotatable bonds is 7. The van der Waals surface area contributed by atoms with Gasteiger partial charge in [-0.3, -0.25) is 9.89 Å². The van der Waals surface area contributed by atoms with E-state index < -0.39 is 6.10 Å². The van der Waals surface area contributed by atoms with Crippen LogP contribution >= 0.6 is 34.7 Å². The van der Waals surface area contributed by atoms with E-state index in [1.54, 1.807) is 0 Å². The van der Waals surface area contributed by atoms with Crippen LogP contribution in [-0.4, -0.2) is 78.9 Å². The van der Waals surface area contributed by atoms with Gasteiger partial charge < -0.3 is 20.5 Å². The topological polar surface area (TPSA) is 69.1 Å². The average Bonchev–Trinajstić information content (AvgIpc) is 3.34. The van der Waals surface area contributed by atoms with Crippen LogP contribution in [-0.2, 0) is 4.74 Å². The molecule has 1 aromatic rings. The summed E-state index contributed by atoms with van der Waals surface area (Å²) in [5.41, 5.74) is 0.122. The zero-order valence-electron chi connectivity index (χ0n) is 15.7. The number of aliphatic hydroxyl groups is 1. The number of guanidine groups is 1. The quantitative estimate of drug-likeness (QED) is 0.453. The van der Waals surface area contributed by atoms with Crippen LogP contribution in [0, 0.1) is 0 Å². The highest BCUT2D eigenvalue weighted by Crippen LogP contribution is 2.34. The Hall–Kier alpha value is -0.510. The molecule has 0 radical (unpaired) electrons. The molecule has 1 aromatic heterocycles. The van der Waals surface area contributed by atoms with Gasteiger partial charge >= 0.3 is 0 Å². The Balaban J connectivity index is 1.61. The predicted molar refractivity (Wildman–Crippen MR) is 115 cm³/mol. The molecule has 3 N–H and O–H groups in total. The van der Waals surface area contributed by atoms with Crippen LogP contribution in [0.5, 0.6) is 0 Å². The number of halogens is 1. The molecule has 0 aliphatic carbocycles. The second kappa shape index (κ2) is 10.3. The van der Waals surface area contributed by atoms with E-state index in [1.807, 2.05) is 23.9 Å². The maximum Gasteiger partial charge on any atom is 0.191 e.